The van der Waals surface area contributed by atoms with Crippen molar-refractivity contribution in [1.82, 2.24) is 24.9 Å². The zero-order valence-corrected chi connectivity index (χ0v) is 12.3. The topological polar surface area (TPSA) is 85.0 Å². The van der Waals surface area contributed by atoms with Crippen LogP contribution in [0.5, 0.6) is 0 Å². The van der Waals surface area contributed by atoms with Crippen molar-refractivity contribution < 1.29 is 23.1 Å². The summed E-state index contributed by atoms with van der Waals surface area (Å²) < 4.78 is 39.1. The van der Waals surface area contributed by atoms with Crippen LogP contribution < -0.4 is 5.32 Å². The Hall–Kier alpha value is -2.36. The highest BCUT2D eigenvalue weighted by atomic mass is 19.4. The molecule has 7 nitrogen and oxygen atoms in total. The van der Waals surface area contributed by atoms with Gasteiger partial charge in [-0.25, -0.2) is 0 Å². The fourth-order valence-electron chi connectivity index (χ4n) is 2.03. The van der Waals surface area contributed by atoms with Gasteiger partial charge >= 0.3 is 6.18 Å². The second kappa shape index (κ2) is 6.82. The number of carbonyl (C=O) groups is 1. The first-order valence-electron chi connectivity index (χ1n) is 6.79. The molecule has 1 atom stereocenters. The van der Waals surface area contributed by atoms with E-state index in [1.807, 2.05) is 0 Å². The van der Waals surface area contributed by atoms with Gasteiger partial charge < -0.3 is 10.4 Å². The quantitative estimate of drug-likeness (QED) is 0.828. The molecule has 2 heterocycles. The molecule has 1 amide bonds. The van der Waals surface area contributed by atoms with Crippen molar-refractivity contribution in [2.24, 2.45) is 7.05 Å². The summed E-state index contributed by atoms with van der Waals surface area (Å²) in [6, 6.07) is 0.974. The molecule has 0 bridgehead atoms. The molecule has 2 aromatic rings. The number of hydrogen-bond donors (Lipinski definition) is 2. The van der Waals surface area contributed by atoms with Crippen LogP contribution in [0, 0.1) is 0 Å². The van der Waals surface area contributed by atoms with E-state index in [0.717, 1.165) is 4.68 Å². The number of hydrogen-bond acceptors (Lipinski definition) is 4. The van der Waals surface area contributed by atoms with Gasteiger partial charge in [0.05, 0.1) is 36.5 Å². The molecule has 0 fully saturated rings. The molecule has 0 saturated carbocycles. The Morgan fingerprint density at radius 3 is 2.74 bits per heavy atom. The van der Waals surface area contributed by atoms with Crippen LogP contribution in [0.4, 0.5) is 13.2 Å². The number of nitrogens with zero attached hydrogens (tertiary/aromatic N) is 4. The highest BCUT2D eigenvalue weighted by Crippen LogP contribution is 2.20. The lowest BCUT2D eigenvalue weighted by molar-refractivity contribution is -0.137. The first-order chi connectivity index (χ1) is 10.8. The van der Waals surface area contributed by atoms with Gasteiger partial charge in [0.25, 0.3) is 5.91 Å². The summed E-state index contributed by atoms with van der Waals surface area (Å²) in [5, 5.41) is 19.7. The largest absolute Gasteiger partial charge is 0.394 e. The second-order valence-electron chi connectivity index (χ2n) is 4.95. The molecule has 2 N–H and O–H groups in total. The molecular formula is C13H16F3N5O2. The van der Waals surface area contributed by atoms with Crippen LogP contribution in [0.1, 0.15) is 28.5 Å². The van der Waals surface area contributed by atoms with Gasteiger partial charge in [0, 0.05) is 26.0 Å². The van der Waals surface area contributed by atoms with Gasteiger partial charge in [-0.05, 0) is 6.07 Å². The number of nitrogens with one attached hydrogen (secondary N) is 1. The molecule has 23 heavy (non-hydrogen) atoms. The first-order valence-corrected chi connectivity index (χ1v) is 6.79. The monoisotopic (exact) mass is 331 g/mol. The van der Waals surface area contributed by atoms with E-state index in [0.29, 0.717) is 5.69 Å². The zero-order chi connectivity index (χ0) is 17.0. The van der Waals surface area contributed by atoms with Crippen molar-refractivity contribution >= 4 is 5.91 Å². The van der Waals surface area contributed by atoms with Crippen molar-refractivity contribution in [3.05, 3.63) is 35.9 Å². The summed E-state index contributed by atoms with van der Waals surface area (Å²) >= 11 is 0. The lowest BCUT2D eigenvalue weighted by Crippen LogP contribution is -2.32. The zero-order valence-electron chi connectivity index (χ0n) is 12.3. The summed E-state index contributed by atoms with van der Waals surface area (Å²) in [4.78, 5) is 12.1. The maximum absolute atomic E-state index is 12.2. The molecule has 10 heteroatoms. The van der Waals surface area contributed by atoms with Crippen LogP contribution in [0.3, 0.4) is 0 Å². The van der Waals surface area contributed by atoms with Crippen molar-refractivity contribution in [3.8, 4) is 0 Å². The maximum Gasteiger partial charge on any atom is 0.390 e. The molecule has 0 saturated heterocycles. The first kappa shape index (κ1) is 17.0. The van der Waals surface area contributed by atoms with Gasteiger partial charge in [-0.1, -0.05) is 0 Å². The Bertz CT molecular complexity index is 665. The van der Waals surface area contributed by atoms with E-state index in [9.17, 15) is 23.1 Å². The minimum absolute atomic E-state index is 0.118. The standard InChI is InChI=1S/C13H16F3N5O2/c1-20-11(2-4-17-20)10(8-22)19-12(23)9-6-18-21(7-9)5-3-13(14,15)16/h2,4,6-7,10,22H,3,5,8H2,1H3,(H,19,23). The van der Waals surface area contributed by atoms with Crippen molar-refractivity contribution in [3.63, 3.8) is 0 Å². The summed E-state index contributed by atoms with van der Waals surface area (Å²) in [6.07, 6.45) is -1.36. The number of alkyl halides is 3. The van der Waals surface area contributed by atoms with E-state index >= 15 is 0 Å². The summed E-state index contributed by atoms with van der Waals surface area (Å²) in [5.74, 6) is -0.538. The van der Waals surface area contributed by atoms with E-state index in [1.54, 1.807) is 13.1 Å². The Labute approximate surface area is 129 Å². The summed E-state index contributed by atoms with van der Waals surface area (Å²) in [5.41, 5.74) is 0.720. The van der Waals surface area contributed by atoms with Crippen LogP contribution in [-0.4, -0.2) is 43.4 Å². The molecule has 1 unspecified atom stereocenters. The predicted octanol–water partition coefficient (Wildman–Crippen LogP) is 1.03. The van der Waals surface area contributed by atoms with Crippen molar-refractivity contribution in [2.45, 2.75) is 25.2 Å². The molecule has 0 aliphatic carbocycles. The maximum atomic E-state index is 12.2. The molecule has 0 aliphatic heterocycles. The third-order valence-electron chi connectivity index (χ3n) is 3.22. The van der Waals surface area contributed by atoms with Crippen LogP contribution in [-0.2, 0) is 13.6 Å². The number of aryl methyl sites for hydroxylation is 2. The molecular weight excluding hydrogens is 315 g/mol. The number of aliphatic hydroxyl groups is 1. The lowest BCUT2D eigenvalue weighted by Gasteiger charge is -2.16. The van der Waals surface area contributed by atoms with E-state index in [1.165, 1.54) is 23.3 Å². The lowest BCUT2D eigenvalue weighted by atomic mass is 10.2. The van der Waals surface area contributed by atoms with Gasteiger partial charge in [-0.3, -0.25) is 14.2 Å². The van der Waals surface area contributed by atoms with Gasteiger partial charge in [0.1, 0.15) is 0 Å². The summed E-state index contributed by atoms with van der Waals surface area (Å²) in [7, 11) is 1.67. The molecule has 0 aliphatic rings. The molecule has 0 aromatic carbocycles. The Morgan fingerprint density at radius 2 is 2.17 bits per heavy atom. The number of rotatable bonds is 6. The number of aliphatic hydroxyl groups excluding tert-OH is 1. The number of amides is 1. The predicted molar refractivity (Wildman–Crippen MR) is 73.4 cm³/mol. The van der Waals surface area contributed by atoms with E-state index in [4.69, 9.17) is 0 Å². The van der Waals surface area contributed by atoms with Crippen LogP contribution in [0.2, 0.25) is 0 Å². The number of halogens is 3. The molecule has 126 valence electrons. The van der Waals surface area contributed by atoms with Crippen molar-refractivity contribution in [2.75, 3.05) is 6.61 Å². The average molecular weight is 331 g/mol. The second-order valence-corrected chi connectivity index (χ2v) is 4.95. The minimum Gasteiger partial charge on any atom is -0.394 e. The molecule has 0 spiro atoms. The van der Waals surface area contributed by atoms with Gasteiger partial charge in [-0.2, -0.15) is 23.4 Å². The molecule has 0 radical (unpaired) electrons. The van der Waals surface area contributed by atoms with Gasteiger partial charge in [0.15, 0.2) is 0 Å². The smallest absolute Gasteiger partial charge is 0.390 e. The Balaban J connectivity index is 2.00. The average Bonchev–Trinajstić information content (AvgIpc) is 3.10. The van der Waals surface area contributed by atoms with Crippen LogP contribution >= 0.6 is 0 Å². The number of aromatic nitrogens is 4. The fourth-order valence-corrected chi connectivity index (χ4v) is 2.03. The Morgan fingerprint density at radius 1 is 1.43 bits per heavy atom. The Kier molecular flexibility index (Phi) is 5.04. The van der Waals surface area contributed by atoms with E-state index in [-0.39, 0.29) is 18.7 Å². The third kappa shape index (κ3) is 4.55. The minimum atomic E-state index is -4.28. The molecule has 2 aromatic heterocycles. The fraction of sp³-hybridized carbons (Fsp3) is 0.462. The van der Waals surface area contributed by atoms with Crippen LogP contribution in [0.25, 0.3) is 0 Å². The highest BCUT2D eigenvalue weighted by molar-refractivity contribution is 5.93. The van der Waals surface area contributed by atoms with E-state index < -0.39 is 24.5 Å². The van der Waals surface area contributed by atoms with Crippen molar-refractivity contribution in [1.29, 1.82) is 0 Å². The molecule has 2 rings (SSSR count). The number of carbonyl (C=O) groups excluding carboxylic acids is 1. The van der Waals surface area contributed by atoms with Crippen LogP contribution in [0.15, 0.2) is 24.7 Å². The normalized spacial score (nSPS) is 13.1. The third-order valence-corrected chi connectivity index (χ3v) is 3.22. The van der Waals surface area contributed by atoms with Gasteiger partial charge in [-0.15, -0.1) is 0 Å². The SMILES string of the molecule is Cn1nccc1C(CO)NC(=O)c1cnn(CCC(F)(F)F)c1. The summed E-state index contributed by atoms with van der Waals surface area (Å²) in [6.45, 7) is -0.699. The highest BCUT2D eigenvalue weighted by Gasteiger charge is 2.27. The van der Waals surface area contributed by atoms with Gasteiger partial charge in [0.2, 0.25) is 0 Å². The van der Waals surface area contributed by atoms with E-state index in [2.05, 4.69) is 15.5 Å².